The van der Waals surface area contributed by atoms with Crippen LogP contribution in [0.15, 0.2) is 22.7 Å². The molecule has 1 aliphatic rings. The van der Waals surface area contributed by atoms with Crippen LogP contribution in [0.1, 0.15) is 11.6 Å². The topological polar surface area (TPSA) is 67.2 Å². The highest BCUT2D eigenvalue weighted by Crippen LogP contribution is 2.28. The Balaban J connectivity index is 0.00000144. The molecule has 0 amide bonds. The van der Waals surface area contributed by atoms with Crippen molar-refractivity contribution in [3.63, 3.8) is 0 Å². The van der Waals surface area contributed by atoms with Gasteiger partial charge in [-0.1, -0.05) is 6.07 Å². The van der Waals surface area contributed by atoms with Gasteiger partial charge < -0.3 is 10.6 Å². The highest BCUT2D eigenvalue weighted by atomic mass is 79.9. The van der Waals surface area contributed by atoms with Crippen molar-refractivity contribution in [2.24, 2.45) is 0 Å². The molecule has 0 unspecified atom stereocenters. The molecule has 1 aliphatic heterocycles. The van der Waals surface area contributed by atoms with Crippen LogP contribution >= 0.6 is 28.3 Å². The third-order valence-electron chi connectivity index (χ3n) is 2.61. The van der Waals surface area contributed by atoms with Gasteiger partial charge >= 0.3 is 0 Å². The Hall–Kier alpha value is -0.690. The second kappa shape index (κ2) is 6.30. The molecule has 0 spiro atoms. The summed E-state index contributed by atoms with van der Waals surface area (Å²) in [5.74, 6) is 0. The fourth-order valence-electron chi connectivity index (χ4n) is 1.78. The molecule has 0 aliphatic carbocycles. The predicted octanol–water partition coefficient (Wildman–Crippen LogP) is 2.01. The fourth-order valence-corrected chi connectivity index (χ4v) is 2.17. The largest absolute Gasteiger partial charge is 0.314 e. The molecular weight excluding hydrogens is 309 g/mol. The van der Waals surface area contributed by atoms with Crippen LogP contribution in [-0.4, -0.2) is 24.6 Å². The van der Waals surface area contributed by atoms with Gasteiger partial charge in [0.1, 0.15) is 0 Å². The molecule has 0 radical (unpaired) electrons. The van der Waals surface area contributed by atoms with Crippen molar-refractivity contribution in [1.82, 2.24) is 10.6 Å². The molecular formula is C10H13BrClN3O2. The van der Waals surface area contributed by atoms with Crippen molar-refractivity contribution < 1.29 is 4.92 Å². The summed E-state index contributed by atoms with van der Waals surface area (Å²) in [4.78, 5) is 10.4. The van der Waals surface area contributed by atoms with E-state index in [2.05, 4.69) is 26.6 Å². The molecule has 7 heteroatoms. The maximum atomic E-state index is 10.8. The van der Waals surface area contributed by atoms with E-state index in [0.717, 1.165) is 25.2 Å². The lowest BCUT2D eigenvalue weighted by atomic mass is 10.0. The van der Waals surface area contributed by atoms with E-state index in [4.69, 9.17) is 0 Å². The van der Waals surface area contributed by atoms with Gasteiger partial charge in [0.05, 0.1) is 9.40 Å². The van der Waals surface area contributed by atoms with Crippen molar-refractivity contribution in [2.75, 3.05) is 19.6 Å². The highest BCUT2D eigenvalue weighted by molar-refractivity contribution is 9.10. The van der Waals surface area contributed by atoms with Crippen LogP contribution in [0.5, 0.6) is 0 Å². The number of hydrogen-bond donors (Lipinski definition) is 2. The Bertz CT molecular complexity index is 411. The summed E-state index contributed by atoms with van der Waals surface area (Å²) in [5, 5.41) is 17.4. The lowest BCUT2D eigenvalue weighted by molar-refractivity contribution is -0.385. The number of rotatable bonds is 2. The molecule has 0 saturated carbocycles. The molecule has 0 bridgehead atoms. The molecule has 1 atom stereocenters. The Morgan fingerprint density at radius 2 is 2.18 bits per heavy atom. The zero-order valence-electron chi connectivity index (χ0n) is 8.98. The van der Waals surface area contributed by atoms with E-state index < -0.39 is 0 Å². The number of hydrogen-bond acceptors (Lipinski definition) is 4. The Morgan fingerprint density at radius 3 is 2.76 bits per heavy atom. The van der Waals surface area contributed by atoms with E-state index >= 15 is 0 Å². The van der Waals surface area contributed by atoms with Crippen LogP contribution in [0, 0.1) is 10.1 Å². The summed E-state index contributed by atoms with van der Waals surface area (Å²) in [6, 6.07) is 5.40. The van der Waals surface area contributed by atoms with E-state index in [9.17, 15) is 10.1 Å². The SMILES string of the molecule is Cl.O=[N+]([O-])c1cc([C@@H]2CNCCN2)ccc1Br. The lowest BCUT2D eigenvalue weighted by Gasteiger charge is -2.24. The van der Waals surface area contributed by atoms with E-state index in [1.807, 2.05) is 6.07 Å². The number of piperazine rings is 1. The highest BCUT2D eigenvalue weighted by Gasteiger charge is 2.19. The molecule has 2 N–H and O–H groups in total. The second-order valence-corrected chi connectivity index (χ2v) is 4.53. The smallest absolute Gasteiger partial charge is 0.283 e. The van der Waals surface area contributed by atoms with Gasteiger partial charge in [-0.05, 0) is 27.6 Å². The quantitative estimate of drug-likeness (QED) is 0.646. The van der Waals surface area contributed by atoms with Crippen LogP contribution in [0.3, 0.4) is 0 Å². The third-order valence-corrected chi connectivity index (χ3v) is 3.28. The van der Waals surface area contributed by atoms with Gasteiger partial charge in [0.2, 0.25) is 0 Å². The average molecular weight is 323 g/mol. The number of halogens is 2. The number of nitrogens with zero attached hydrogens (tertiary/aromatic N) is 1. The van der Waals surface area contributed by atoms with Crippen LogP contribution in [0.4, 0.5) is 5.69 Å². The van der Waals surface area contributed by atoms with Crippen molar-refractivity contribution in [3.05, 3.63) is 38.3 Å². The Morgan fingerprint density at radius 1 is 1.41 bits per heavy atom. The number of nitro groups is 1. The van der Waals surface area contributed by atoms with Gasteiger partial charge in [-0.3, -0.25) is 10.1 Å². The van der Waals surface area contributed by atoms with Gasteiger partial charge in [0.25, 0.3) is 5.69 Å². The second-order valence-electron chi connectivity index (χ2n) is 3.68. The monoisotopic (exact) mass is 321 g/mol. The molecule has 1 fully saturated rings. The fraction of sp³-hybridized carbons (Fsp3) is 0.400. The first-order valence-electron chi connectivity index (χ1n) is 5.06. The van der Waals surface area contributed by atoms with Gasteiger partial charge in [-0.2, -0.15) is 0 Å². The van der Waals surface area contributed by atoms with Gasteiger partial charge in [0.15, 0.2) is 0 Å². The van der Waals surface area contributed by atoms with Crippen molar-refractivity contribution >= 4 is 34.0 Å². The maximum absolute atomic E-state index is 10.8. The van der Waals surface area contributed by atoms with E-state index in [1.165, 1.54) is 0 Å². The molecule has 2 rings (SSSR count). The first-order valence-corrected chi connectivity index (χ1v) is 5.86. The summed E-state index contributed by atoms with van der Waals surface area (Å²) >= 11 is 3.18. The minimum Gasteiger partial charge on any atom is -0.314 e. The summed E-state index contributed by atoms with van der Waals surface area (Å²) in [7, 11) is 0. The summed E-state index contributed by atoms with van der Waals surface area (Å²) in [6.45, 7) is 2.63. The van der Waals surface area contributed by atoms with E-state index in [-0.39, 0.29) is 29.1 Å². The average Bonchev–Trinajstić information content (AvgIpc) is 2.30. The van der Waals surface area contributed by atoms with Crippen LogP contribution < -0.4 is 10.6 Å². The molecule has 1 saturated heterocycles. The number of nitro benzene ring substituents is 1. The summed E-state index contributed by atoms with van der Waals surface area (Å²) in [5.41, 5.74) is 1.06. The van der Waals surface area contributed by atoms with Crippen LogP contribution in [0.2, 0.25) is 0 Å². The normalized spacial score (nSPS) is 19.5. The maximum Gasteiger partial charge on any atom is 0.283 e. The van der Waals surface area contributed by atoms with Crippen LogP contribution in [-0.2, 0) is 0 Å². The lowest BCUT2D eigenvalue weighted by Crippen LogP contribution is -2.42. The van der Waals surface area contributed by atoms with Crippen LogP contribution in [0.25, 0.3) is 0 Å². The summed E-state index contributed by atoms with van der Waals surface area (Å²) in [6.07, 6.45) is 0. The predicted molar refractivity (Wildman–Crippen MR) is 71.7 cm³/mol. The standard InChI is InChI=1S/C10H12BrN3O2.ClH/c11-8-2-1-7(5-10(8)14(15)16)9-6-12-3-4-13-9;/h1-2,5,9,12-13H,3-4,6H2;1H/t9-;/m0./s1. The first-order chi connectivity index (χ1) is 7.68. The third kappa shape index (κ3) is 3.38. The molecule has 0 aromatic heterocycles. The minimum absolute atomic E-state index is 0. The van der Waals surface area contributed by atoms with E-state index in [0.29, 0.717) is 4.47 Å². The number of nitrogens with one attached hydrogen (secondary N) is 2. The van der Waals surface area contributed by atoms with Gasteiger partial charge in [0, 0.05) is 31.7 Å². The molecule has 1 heterocycles. The van der Waals surface area contributed by atoms with Crippen molar-refractivity contribution in [3.8, 4) is 0 Å². The van der Waals surface area contributed by atoms with Crippen molar-refractivity contribution in [2.45, 2.75) is 6.04 Å². The van der Waals surface area contributed by atoms with Crippen molar-refractivity contribution in [1.29, 1.82) is 0 Å². The molecule has 1 aromatic rings. The molecule has 1 aromatic carbocycles. The molecule has 5 nitrogen and oxygen atoms in total. The molecule has 17 heavy (non-hydrogen) atoms. The zero-order chi connectivity index (χ0) is 11.5. The zero-order valence-corrected chi connectivity index (χ0v) is 11.4. The molecule has 94 valence electrons. The minimum atomic E-state index is -0.371. The van der Waals surface area contributed by atoms with Gasteiger partial charge in [-0.15, -0.1) is 12.4 Å². The van der Waals surface area contributed by atoms with Gasteiger partial charge in [-0.25, -0.2) is 0 Å². The first kappa shape index (κ1) is 14.4. The van der Waals surface area contributed by atoms with E-state index in [1.54, 1.807) is 12.1 Å². The Kier molecular flexibility index (Phi) is 5.32. The number of benzene rings is 1. The Labute approximate surface area is 114 Å². The summed E-state index contributed by atoms with van der Waals surface area (Å²) < 4.78 is 0.519.